The summed E-state index contributed by atoms with van der Waals surface area (Å²) in [6, 6.07) is 9.52. The molecule has 2 rings (SSSR count). The van der Waals surface area contributed by atoms with Crippen molar-refractivity contribution in [3.05, 3.63) is 42.6 Å². The van der Waals surface area contributed by atoms with Crippen LogP contribution in [0.3, 0.4) is 0 Å². The van der Waals surface area contributed by atoms with E-state index >= 15 is 0 Å². The second-order valence-electron chi connectivity index (χ2n) is 6.67. The molecule has 1 N–H and O–H groups in total. The highest BCUT2D eigenvalue weighted by Crippen LogP contribution is 2.33. The lowest BCUT2D eigenvalue weighted by atomic mass is 9.81. The number of anilines is 1. The van der Waals surface area contributed by atoms with E-state index in [0.717, 1.165) is 11.8 Å². The van der Waals surface area contributed by atoms with E-state index in [0.29, 0.717) is 6.04 Å². The van der Waals surface area contributed by atoms with Gasteiger partial charge >= 0.3 is 0 Å². The van der Waals surface area contributed by atoms with Crippen LogP contribution in [0.2, 0.25) is 0 Å². The van der Waals surface area contributed by atoms with E-state index in [4.69, 9.17) is 0 Å². The van der Waals surface area contributed by atoms with Gasteiger partial charge in [0, 0.05) is 25.3 Å². The molecule has 0 aromatic heterocycles. The van der Waals surface area contributed by atoms with Gasteiger partial charge in [-0.2, -0.15) is 0 Å². The van der Waals surface area contributed by atoms with E-state index in [-0.39, 0.29) is 0 Å². The molecule has 1 saturated heterocycles. The molecule has 2 nitrogen and oxygen atoms in total. The van der Waals surface area contributed by atoms with Crippen LogP contribution in [0.15, 0.2) is 37.0 Å². The van der Waals surface area contributed by atoms with Gasteiger partial charge in [0.05, 0.1) is 0 Å². The number of hydrogen-bond donors (Lipinski definition) is 1. The molecule has 122 valence electrons. The predicted octanol–water partition coefficient (Wildman–Crippen LogP) is 4.93. The third kappa shape index (κ3) is 4.06. The van der Waals surface area contributed by atoms with Crippen LogP contribution < -0.4 is 5.32 Å². The summed E-state index contributed by atoms with van der Waals surface area (Å²) in [6.45, 7) is 9.99. The predicted molar refractivity (Wildman–Crippen MR) is 97.2 cm³/mol. The van der Waals surface area contributed by atoms with Crippen molar-refractivity contribution < 1.29 is 0 Å². The molecule has 1 fully saturated rings. The number of nitrogens with zero attached hydrogens (tertiary/aromatic N) is 1. The number of likely N-dealkylation sites (tertiary alicyclic amines) is 1. The molecule has 0 radical (unpaired) electrons. The Labute approximate surface area is 136 Å². The first-order valence-electron chi connectivity index (χ1n) is 8.84. The summed E-state index contributed by atoms with van der Waals surface area (Å²) in [7, 11) is 1.98. The first-order valence-corrected chi connectivity index (χ1v) is 8.84. The van der Waals surface area contributed by atoms with Gasteiger partial charge in [-0.05, 0) is 61.4 Å². The summed E-state index contributed by atoms with van der Waals surface area (Å²) in [4.78, 5) is 2.48. The highest BCUT2D eigenvalue weighted by Gasteiger charge is 2.31. The zero-order valence-electron chi connectivity index (χ0n) is 14.5. The minimum Gasteiger partial charge on any atom is -0.388 e. The van der Waals surface area contributed by atoms with Crippen molar-refractivity contribution in [2.75, 3.05) is 18.9 Å². The van der Waals surface area contributed by atoms with E-state index < -0.39 is 0 Å². The van der Waals surface area contributed by atoms with E-state index in [9.17, 15) is 0 Å². The van der Waals surface area contributed by atoms with E-state index in [2.05, 4.69) is 61.1 Å². The van der Waals surface area contributed by atoms with Crippen molar-refractivity contribution in [2.24, 2.45) is 11.8 Å². The smallest absolute Gasteiger partial charge is 0.0340 e. The summed E-state index contributed by atoms with van der Waals surface area (Å²) in [5.41, 5.74) is 2.66. The zero-order valence-corrected chi connectivity index (χ0v) is 14.5. The maximum Gasteiger partial charge on any atom is 0.0340 e. The van der Waals surface area contributed by atoms with Crippen LogP contribution >= 0.6 is 0 Å². The highest BCUT2D eigenvalue weighted by molar-refractivity contribution is 5.45. The molecule has 22 heavy (non-hydrogen) atoms. The van der Waals surface area contributed by atoms with Crippen molar-refractivity contribution in [3.8, 4) is 0 Å². The topological polar surface area (TPSA) is 15.3 Å². The fraction of sp³-hybridized carbons (Fsp3) is 0.600. The van der Waals surface area contributed by atoms with Crippen molar-refractivity contribution >= 4 is 5.69 Å². The maximum absolute atomic E-state index is 4.00. The van der Waals surface area contributed by atoms with Gasteiger partial charge in [0.1, 0.15) is 0 Å². The molecule has 1 aliphatic rings. The molecule has 1 aromatic carbocycles. The molecule has 1 aliphatic heterocycles. The minimum atomic E-state index is 0.709. The molecule has 3 unspecified atom stereocenters. The van der Waals surface area contributed by atoms with E-state index in [1.165, 1.54) is 49.9 Å². The molecule has 1 aromatic rings. The Bertz CT molecular complexity index is 469. The van der Waals surface area contributed by atoms with Crippen molar-refractivity contribution in [3.63, 3.8) is 0 Å². The number of nitrogens with one attached hydrogen (secondary N) is 1. The SMILES string of the molecule is C=CN1CCCC1C(CC)C(C)CCc1cccc(NC)c1. The Morgan fingerprint density at radius 2 is 2.27 bits per heavy atom. The van der Waals surface area contributed by atoms with E-state index in [1.807, 2.05) is 7.05 Å². The van der Waals surface area contributed by atoms with Crippen LogP contribution in [0.4, 0.5) is 5.69 Å². The number of benzene rings is 1. The first kappa shape index (κ1) is 16.9. The number of hydrogen-bond acceptors (Lipinski definition) is 2. The quantitative estimate of drug-likeness (QED) is 0.732. The minimum absolute atomic E-state index is 0.709. The Hall–Kier alpha value is -1.44. The molecule has 0 spiro atoms. The summed E-state index contributed by atoms with van der Waals surface area (Å²) < 4.78 is 0. The average Bonchev–Trinajstić information content (AvgIpc) is 3.02. The Kier molecular flexibility index (Phi) is 6.35. The molecule has 1 heterocycles. The van der Waals surface area contributed by atoms with Gasteiger partial charge in [-0.25, -0.2) is 0 Å². The molecule has 0 bridgehead atoms. The Morgan fingerprint density at radius 1 is 1.45 bits per heavy atom. The number of aryl methyl sites for hydroxylation is 1. The third-order valence-electron chi connectivity index (χ3n) is 5.38. The molecule has 0 amide bonds. The molecular formula is C20H32N2. The molecule has 3 atom stereocenters. The average molecular weight is 300 g/mol. The zero-order chi connectivity index (χ0) is 15.9. The normalized spacial score (nSPS) is 20.7. The second-order valence-corrected chi connectivity index (χ2v) is 6.67. The van der Waals surface area contributed by atoms with Crippen molar-refractivity contribution in [1.82, 2.24) is 4.90 Å². The molecule has 0 saturated carbocycles. The van der Waals surface area contributed by atoms with Gasteiger partial charge in [0.2, 0.25) is 0 Å². The van der Waals surface area contributed by atoms with Gasteiger partial charge in [-0.3, -0.25) is 0 Å². The first-order chi connectivity index (χ1) is 10.7. The maximum atomic E-state index is 4.00. The monoisotopic (exact) mass is 300 g/mol. The Morgan fingerprint density at radius 3 is 2.95 bits per heavy atom. The van der Waals surface area contributed by atoms with Crippen molar-refractivity contribution in [2.45, 2.75) is 52.0 Å². The summed E-state index contributed by atoms with van der Waals surface area (Å²) in [5, 5.41) is 3.23. The third-order valence-corrected chi connectivity index (χ3v) is 5.38. The van der Waals surface area contributed by atoms with Crippen LogP contribution in [-0.2, 0) is 6.42 Å². The fourth-order valence-corrected chi connectivity index (χ4v) is 4.05. The molecular weight excluding hydrogens is 268 g/mol. The van der Waals surface area contributed by atoms with Gasteiger partial charge < -0.3 is 10.2 Å². The lowest BCUT2D eigenvalue weighted by molar-refractivity contribution is 0.183. The van der Waals surface area contributed by atoms with Crippen LogP contribution in [0.25, 0.3) is 0 Å². The van der Waals surface area contributed by atoms with Crippen molar-refractivity contribution in [1.29, 1.82) is 0 Å². The van der Waals surface area contributed by atoms with Crippen LogP contribution in [-0.4, -0.2) is 24.5 Å². The fourth-order valence-electron chi connectivity index (χ4n) is 4.05. The van der Waals surface area contributed by atoms with E-state index in [1.54, 1.807) is 0 Å². The summed E-state index contributed by atoms with van der Waals surface area (Å²) in [5.74, 6) is 1.54. The van der Waals surface area contributed by atoms with Gasteiger partial charge in [0.25, 0.3) is 0 Å². The molecule has 0 aliphatic carbocycles. The standard InChI is InChI=1S/C20H32N2/c1-5-19(20-11-8-14-22(20)6-2)16(3)12-13-17-9-7-10-18(15-17)21-4/h6-7,9-10,15-16,19-21H,2,5,8,11-14H2,1,3-4H3. The number of rotatable bonds is 8. The summed E-state index contributed by atoms with van der Waals surface area (Å²) in [6.07, 6.45) is 8.44. The Balaban J connectivity index is 1.94. The van der Waals surface area contributed by atoms with Crippen LogP contribution in [0.1, 0.15) is 45.1 Å². The van der Waals surface area contributed by atoms with Gasteiger partial charge in [-0.1, -0.05) is 39.0 Å². The lowest BCUT2D eigenvalue weighted by Crippen LogP contribution is -2.35. The van der Waals surface area contributed by atoms with Gasteiger partial charge in [0.15, 0.2) is 0 Å². The van der Waals surface area contributed by atoms with Crippen LogP contribution in [0.5, 0.6) is 0 Å². The van der Waals surface area contributed by atoms with Crippen LogP contribution in [0, 0.1) is 11.8 Å². The summed E-state index contributed by atoms with van der Waals surface area (Å²) >= 11 is 0. The van der Waals surface area contributed by atoms with Gasteiger partial charge in [-0.15, -0.1) is 0 Å². The second kappa shape index (κ2) is 8.26. The largest absolute Gasteiger partial charge is 0.388 e. The highest BCUT2D eigenvalue weighted by atomic mass is 15.2. The molecule has 2 heteroatoms. The lowest BCUT2D eigenvalue weighted by Gasteiger charge is -2.34.